The monoisotopic (exact) mass is 283 g/mol. The number of thioether (sulfide) groups is 1. The van der Waals surface area contributed by atoms with Gasteiger partial charge in [-0.1, -0.05) is 61.3 Å². The van der Waals surface area contributed by atoms with E-state index in [9.17, 15) is 0 Å². The van der Waals surface area contributed by atoms with Crippen LogP contribution in [-0.4, -0.2) is 15.5 Å². The van der Waals surface area contributed by atoms with Crippen LogP contribution in [0.1, 0.15) is 33.1 Å². The largest absolute Gasteiger partial charge is 0.449 e. The average Bonchev–Trinajstić information content (AvgIpc) is 2.62. The van der Waals surface area contributed by atoms with Crippen LogP contribution < -0.4 is 0 Å². The number of hydrogen-bond donors (Lipinski definition) is 0. The maximum Gasteiger partial charge on any atom is 0.253 e. The Labute approximate surface area is 118 Å². The lowest BCUT2D eigenvalue weighted by Gasteiger charge is -2.20. The summed E-state index contributed by atoms with van der Waals surface area (Å²) < 4.78 is 5.74. The highest BCUT2D eigenvalue weighted by molar-refractivity contribution is 8.14. The molecule has 2 nitrogen and oxygen atoms in total. The summed E-state index contributed by atoms with van der Waals surface area (Å²) >= 11 is 8.05. The van der Waals surface area contributed by atoms with Crippen molar-refractivity contribution >= 4 is 34.3 Å². The fraction of sp³-hybridized carbons (Fsp3) is 0.500. The van der Waals surface area contributed by atoms with Gasteiger partial charge in [-0.15, -0.1) is 0 Å². The number of para-hydroxylation sites is 1. The SMILES string of the molecule is CCCCC1SC(=Nc2ccccc2)OC1(C)Cl. The molecule has 0 saturated carbocycles. The van der Waals surface area contributed by atoms with E-state index in [1.165, 1.54) is 12.8 Å². The predicted octanol–water partition coefficient (Wildman–Crippen LogP) is 4.95. The van der Waals surface area contributed by atoms with E-state index in [0.29, 0.717) is 5.23 Å². The summed E-state index contributed by atoms with van der Waals surface area (Å²) in [5.74, 6) is 0. The zero-order chi connectivity index (χ0) is 13.0. The molecule has 2 rings (SSSR count). The van der Waals surface area contributed by atoms with E-state index in [0.717, 1.165) is 12.1 Å². The first-order valence-corrected chi connectivity index (χ1v) is 7.56. The van der Waals surface area contributed by atoms with Gasteiger partial charge in [0.1, 0.15) is 0 Å². The van der Waals surface area contributed by atoms with Gasteiger partial charge < -0.3 is 4.74 Å². The Hall–Kier alpha value is -0.670. The fourth-order valence-electron chi connectivity index (χ4n) is 1.85. The molecule has 1 heterocycles. The Balaban J connectivity index is 2.07. The molecule has 98 valence electrons. The molecule has 1 aliphatic heterocycles. The first kappa shape index (κ1) is 13.8. The lowest BCUT2D eigenvalue weighted by atomic mass is 10.1. The summed E-state index contributed by atoms with van der Waals surface area (Å²) in [4.78, 5) is 4.48. The summed E-state index contributed by atoms with van der Waals surface area (Å²) in [6.45, 7) is 4.11. The highest BCUT2D eigenvalue weighted by Gasteiger charge is 2.43. The number of halogens is 1. The number of ether oxygens (including phenoxy) is 1. The maximum atomic E-state index is 6.41. The topological polar surface area (TPSA) is 21.6 Å². The molecular formula is C14H18ClNOS. The van der Waals surface area contributed by atoms with Gasteiger partial charge in [-0.05, 0) is 25.5 Å². The summed E-state index contributed by atoms with van der Waals surface area (Å²) in [6.07, 6.45) is 3.41. The van der Waals surface area contributed by atoms with Gasteiger partial charge in [0.25, 0.3) is 5.23 Å². The minimum absolute atomic E-state index is 0.279. The molecule has 0 N–H and O–H groups in total. The third-order valence-corrected chi connectivity index (χ3v) is 4.72. The Morgan fingerprint density at radius 1 is 1.39 bits per heavy atom. The van der Waals surface area contributed by atoms with Crippen LogP contribution in [0.15, 0.2) is 35.3 Å². The molecule has 1 aromatic carbocycles. The van der Waals surface area contributed by atoms with Crippen molar-refractivity contribution in [3.63, 3.8) is 0 Å². The summed E-state index contributed by atoms with van der Waals surface area (Å²) in [6, 6.07) is 9.83. The Bertz CT molecular complexity index is 419. The number of rotatable bonds is 4. The number of aliphatic imine (C=N–C) groups is 1. The third kappa shape index (κ3) is 3.42. The molecule has 2 unspecified atom stereocenters. The van der Waals surface area contributed by atoms with Gasteiger partial charge in [0.05, 0.1) is 10.9 Å². The molecule has 18 heavy (non-hydrogen) atoms. The first-order valence-electron chi connectivity index (χ1n) is 6.30. The molecule has 0 amide bonds. The zero-order valence-electron chi connectivity index (χ0n) is 10.7. The minimum atomic E-state index is -0.631. The van der Waals surface area contributed by atoms with E-state index in [1.807, 2.05) is 37.3 Å². The van der Waals surface area contributed by atoms with Crippen LogP contribution >= 0.6 is 23.4 Å². The van der Waals surface area contributed by atoms with Crippen molar-refractivity contribution in [3.8, 4) is 0 Å². The molecule has 0 spiro atoms. The van der Waals surface area contributed by atoms with Crippen LogP contribution in [0.4, 0.5) is 5.69 Å². The van der Waals surface area contributed by atoms with Gasteiger partial charge in [0.2, 0.25) is 0 Å². The van der Waals surface area contributed by atoms with E-state index < -0.39 is 5.06 Å². The van der Waals surface area contributed by atoms with Gasteiger partial charge >= 0.3 is 0 Å². The molecule has 0 aromatic heterocycles. The molecule has 1 saturated heterocycles. The lowest BCUT2D eigenvalue weighted by molar-refractivity contribution is 0.175. The van der Waals surface area contributed by atoms with Crippen molar-refractivity contribution < 1.29 is 4.74 Å². The fourth-order valence-corrected chi connectivity index (χ4v) is 3.38. The standard InChI is InChI=1S/C14H18ClNOS/c1-3-4-10-12-14(2,15)17-13(18-12)16-11-8-6-5-7-9-11/h5-9,12H,3-4,10H2,1-2H3. The van der Waals surface area contributed by atoms with Crippen LogP contribution in [0.2, 0.25) is 0 Å². The van der Waals surface area contributed by atoms with E-state index >= 15 is 0 Å². The van der Waals surface area contributed by atoms with Gasteiger partial charge in [0.15, 0.2) is 5.06 Å². The molecule has 1 fully saturated rings. The first-order chi connectivity index (χ1) is 8.62. The Morgan fingerprint density at radius 2 is 2.11 bits per heavy atom. The van der Waals surface area contributed by atoms with Gasteiger partial charge in [0, 0.05) is 0 Å². The number of unbranched alkanes of at least 4 members (excludes halogenated alkanes) is 1. The Morgan fingerprint density at radius 3 is 2.78 bits per heavy atom. The third-order valence-electron chi connectivity index (χ3n) is 2.90. The predicted molar refractivity (Wildman–Crippen MR) is 79.8 cm³/mol. The summed E-state index contributed by atoms with van der Waals surface area (Å²) in [5, 5.41) is 0.328. The van der Waals surface area contributed by atoms with Crippen LogP contribution in [0, 0.1) is 0 Å². The van der Waals surface area contributed by atoms with Crippen molar-refractivity contribution in [1.29, 1.82) is 0 Å². The Kier molecular flexibility index (Phi) is 4.57. The second-order valence-electron chi connectivity index (χ2n) is 4.55. The summed E-state index contributed by atoms with van der Waals surface area (Å²) in [7, 11) is 0. The molecule has 0 radical (unpaired) electrons. The molecule has 1 aliphatic rings. The van der Waals surface area contributed by atoms with E-state index in [2.05, 4.69) is 11.9 Å². The number of nitrogens with zero attached hydrogens (tertiary/aromatic N) is 1. The van der Waals surface area contributed by atoms with E-state index in [4.69, 9.17) is 16.3 Å². The smallest absolute Gasteiger partial charge is 0.253 e. The minimum Gasteiger partial charge on any atom is -0.449 e. The number of benzene rings is 1. The summed E-state index contributed by atoms with van der Waals surface area (Å²) in [5.41, 5.74) is 0.906. The van der Waals surface area contributed by atoms with Crippen LogP contribution in [-0.2, 0) is 4.74 Å². The average molecular weight is 284 g/mol. The molecule has 1 aromatic rings. The molecule has 2 atom stereocenters. The highest BCUT2D eigenvalue weighted by atomic mass is 35.5. The van der Waals surface area contributed by atoms with Gasteiger partial charge in [-0.2, -0.15) is 0 Å². The lowest BCUT2D eigenvalue weighted by Crippen LogP contribution is -2.27. The number of hydrogen-bond acceptors (Lipinski definition) is 3. The van der Waals surface area contributed by atoms with Crippen molar-refractivity contribution in [3.05, 3.63) is 30.3 Å². The zero-order valence-corrected chi connectivity index (χ0v) is 12.3. The van der Waals surface area contributed by atoms with Crippen LogP contribution in [0.5, 0.6) is 0 Å². The van der Waals surface area contributed by atoms with Gasteiger partial charge in [-0.25, -0.2) is 4.99 Å². The number of alkyl halides is 1. The molecule has 0 bridgehead atoms. The van der Waals surface area contributed by atoms with Crippen molar-refractivity contribution in [2.24, 2.45) is 4.99 Å². The van der Waals surface area contributed by atoms with Crippen molar-refractivity contribution in [2.45, 2.75) is 43.4 Å². The van der Waals surface area contributed by atoms with Crippen LogP contribution in [0.3, 0.4) is 0 Å². The molecule has 4 heteroatoms. The van der Waals surface area contributed by atoms with Crippen molar-refractivity contribution in [2.75, 3.05) is 0 Å². The van der Waals surface area contributed by atoms with Crippen LogP contribution in [0.25, 0.3) is 0 Å². The highest BCUT2D eigenvalue weighted by Crippen LogP contribution is 2.43. The molecular weight excluding hydrogens is 266 g/mol. The second kappa shape index (κ2) is 5.98. The van der Waals surface area contributed by atoms with E-state index in [1.54, 1.807) is 11.8 Å². The van der Waals surface area contributed by atoms with Gasteiger partial charge in [-0.3, -0.25) is 0 Å². The maximum absolute atomic E-state index is 6.41. The molecule has 0 aliphatic carbocycles. The quantitative estimate of drug-likeness (QED) is 0.729. The van der Waals surface area contributed by atoms with E-state index in [-0.39, 0.29) is 5.25 Å². The normalized spacial score (nSPS) is 29.5. The second-order valence-corrected chi connectivity index (χ2v) is 6.45. The van der Waals surface area contributed by atoms with Crippen molar-refractivity contribution in [1.82, 2.24) is 0 Å².